The van der Waals surface area contributed by atoms with Gasteiger partial charge in [0.25, 0.3) is 5.56 Å². The SMILES string of the molecule is O=C(Cn1ccc2c(Br)cccc21)N1C[C@@H]2C[C@@H](C1)c1cccc(=O)n1C2. The molecule has 138 valence electrons. The number of piperidine rings is 1. The maximum atomic E-state index is 13.0. The molecular weight excluding hydrogens is 406 g/mol. The second kappa shape index (κ2) is 6.37. The van der Waals surface area contributed by atoms with E-state index >= 15 is 0 Å². The zero-order valence-corrected chi connectivity index (χ0v) is 16.4. The molecule has 2 atom stereocenters. The number of aromatic nitrogens is 2. The van der Waals surface area contributed by atoms with Gasteiger partial charge in [0.2, 0.25) is 5.91 Å². The van der Waals surface area contributed by atoms with Gasteiger partial charge >= 0.3 is 0 Å². The molecule has 5 nitrogen and oxygen atoms in total. The van der Waals surface area contributed by atoms with Gasteiger partial charge in [-0.1, -0.05) is 28.1 Å². The van der Waals surface area contributed by atoms with Gasteiger partial charge in [-0.15, -0.1) is 0 Å². The molecule has 1 amide bonds. The van der Waals surface area contributed by atoms with Crippen LogP contribution >= 0.6 is 15.9 Å². The minimum absolute atomic E-state index is 0.0753. The summed E-state index contributed by atoms with van der Waals surface area (Å²) in [4.78, 5) is 27.2. The maximum Gasteiger partial charge on any atom is 0.250 e. The van der Waals surface area contributed by atoms with Crippen LogP contribution < -0.4 is 5.56 Å². The normalized spacial score (nSPS) is 21.3. The van der Waals surface area contributed by atoms with Crippen LogP contribution in [0.4, 0.5) is 0 Å². The summed E-state index contributed by atoms with van der Waals surface area (Å²) in [5.41, 5.74) is 2.21. The van der Waals surface area contributed by atoms with E-state index < -0.39 is 0 Å². The summed E-state index contributed by atoms with van der Waals surface area (Å²) in [5, 5.41) is 1.12. The Morgan fingerprint density at radius 2 is 1.93 bits per heavy atom. The predicted octanol–water partition coefficient (Wildman–Crippen LogP) is 3.21. The van der Waals surface area contributed by atoms with E-state index in [1.807, 2.05) is 56.6 Å². The summed E-state index contributed by atoms with van der Waals surface area (Å²) in [6.07, 6.45) is 3.04. The summed E-state index contributed by atoms with van der Waals surface area (Å²) < 4.78 is 4.96. The van der Waals surface area contributed by atoms with Crippen molar-refractivity contribution < 1.29 is 4.79 Å². The Balaban J connectivity index is 1.39. The van der Waals surface area contributed by atoms with Crippen LogP contribution in [0.3, 0.4) is 0 Å². The highest BCUT2D eigenvalue weighted by Crippen LogP contribution is 2.35. The zero-order chi connectivity index (χ0) is 18.5. The Hall–Kier alpha value is -2.34. The lowest BCUT2D eigenvalue weighted by Crippen LogP contribution is -2.49. The topological polar surface area (TPSA) is 47.2 Å². The Bertz CT molecular complexity index is 1100. The number of carbonyl (C=O) groups excluding carboxylic acids is 1. The molecule has 3 aromatic rings. The molecule has 2 aliphatic rings. The van der Waals surface area contributed by atoms with E-state index in [1.165, 1.54) is 0 Å². The molecule has 2 aliphatic heterocycles. The third-order valence-corrected chi connectivity index (χ3v) is 6.59. The van der Waals surface area contributed by atoms with E-state index in [1.54, 1.807) is 6.07 Å². The minimum atomic E-state index is 0.0753. The number of halogens is 1. The molecular formula is C21H20BrN3O2. The highest BCUT2D eigenvalue weighted by molar-refractivity contribution is 9.10. The summed E-state index contributed by atoms with van der Waals surface area (Å²) in [6.45, 7) is 2.50. The van der Waals surface area contributed by atoms with Gasteiger partial charge in [0.05, 0.1) is 0 Å². The van der Waals surface area contributed by atoms with Crippen LogP contribution in [-0.2, 0) is 17.9 Å². The first-order chi connectivity index (χ1) is 13.1. The second-order valence-electron chi connectivity index (χ2n) is 7.61. The quantitative estimate of drug-likeness (QED) is 0.632. The van der Waals surface area contributed by atoms with Crippen LogP contribution in [0.25, 0.3) is 10.9 Å². The first kappa shape index (κ1) is 16.8. The van der Waals surface area contributed by atoms with Crippen LogP contribution in [0.5, 0.6) is 0 Å². The monoisotopic (exact) mass is 425 g/mol. The summed E-state index contributed by atoms with van der Waals surface area (Å²) in [6, 6.07) is 13.6. The van der Waals surface area contributed by atoms with Gasteiger partial charge < -0.3 is 14.0 Å². The molecule has 5 rings (SSSR count). The molecule has 0 N–H and O–H groups in total. The van der Waals surface area contributed by atoms with Crippen molar-refractivity contribution in [1.29, 1.82) is 0 Å². The second-order valence-corrected chi connectivity index (χ2v) is 8.47. The number of rotatable bonds is 2. The third-order valence-electron chi connectivity index (χ3n) is 5.90. The fourth-order valence-corrected chi connectivity index (χ4v) is 5.16. The fourth-order valence-electron chi connectivity index (χ4n) is 4.67. The minimum Gasteiger partial charge on any atom is -0.340 e. The van der Waals surface area contributed by atoms with Crippen molar-refractivity contribution in [1.82, 2.24) is 14.0 Å². The van der Waals surface area contributed by atoms with E-state index in [0.29, 0.717) is 25.6 Å². The molecule has 0 radical (unpaired) electrons. The summed E-state index contributed by atoms with van der Waals surface area (Å²) in [7, 11) is 0. The standard InChI is InChI=1S/C21H20BrN3O2/c22-17-3-1-5-19-16(17)7-8-23(19)13-21(27)24-10-14-9-15(12-24)18-4-2-6-20(26)25(18)11-14/h1-8,14-15H,9-13H2/t14-,15-/m0/s1. The predicted molar refractivity (Wildman–Crippen MR) is 108 cm³/mol. The highest BCUT2D eigenvalue weighted by Gasteiger charge is 2.36. The van der Waals surface area contributed by atoms with Crippen LogP contribution in [0.2, 0.25) is 0 Å². The van der Waals surface area contributed by atoms with Crippen molar-refractivity contribution in [2.45, 2.75) is 25.4 Å². The molecule has 1 saturated heterocycles. The van der Waals surface area contributed by atoms with Gasteiger partial charge in [-0.3, -0.25) is 9.59 Å². The number of fused-ring (bicyclic) bond motifs is 5. The number of hydrogen-bond acceptors (Lipinski definition) is 2. The lowest BCUT2D eigenvalue weighted by molar-refractivity contribution is -0.134. The van der Waals surface area contributed by atoms with Crippen LogP contribution in [0.1, 0.15) is 18.0 Å². The lowest BCUT2D eigenvalue weighted by atomic mass is 9.83. The van der Waals surface area contributed by atoms with Gasteiger partial charge in [0.1, 0.15) is 6.54 Å². The molecule has 1 fully saturated rings. The van der Waals surface area contributed by atoms with Crippen LogP contribution in [-0.4, -0.2) is 33.0 Å². The van der Waals surface area contributed by atoms with E-state index in [-0.39, 0.29) is 17.4 Å². The van der Waals surface area contributed by atoms with Crippen LogP contribution in [0, 0.1) is 5.92 Å². The van der Waals surface area contributed by atoms with Gasteiger partial charge in [-0.25, -0.2) is 0 Å². The smallest absolute Gasteiger partial charge is 0.250 e. The van der Waals surface area contributed by atoms with E-state index in [2.05, 4.69) is 15.9 Å². The van der Waals surface area contributed by atoms with Crippen LogP contribution in [0.15, 0.2) is 57.9 Å². The number of hydrogen-bond donors (Lipinski definition) is 0. The molecule has 0 spiro atoms. The van der Waals surface area contributed by atoms with Crippen molar-refractivity contribution in [2.75, 3.05) is 13.1 Å². The van der Waals surface area contributed by atoms with E-state index in [9.17, 15) is 9.59 Å². The Labute approximate surface area is 165 Å². The molecule has 27 heavy (non-hydrogen) atoms. The number of likely N-dealkylation sites (tertiary alicyclic amines) is 1. The fraction of sp³-hybridized carbons (Fsp3) is 0.333. The first-order valence-corrected chi connectivity index (χ1v) is 10.1. The number of pyridine rings is 1. The van der Waals surface area contributed by atoms with E-state index in [0.717, 1.165) is 34.0 Å². The number of nitrogens with zero attached hydrogens (tertiary/aromatic N) is 3. The van der Waals surface area contributed by atoms with Gasteiger partial charge in [0, 0.05) is 58.9 Å². The number of amides is 1. The Morgan fingerprint density at radius 1 is 1.07 bits per heavy atom. The zero-order valence-electron chi connectivity index (χ0n) is 14.8. The highest BCUT2D eigenvalue weighted by atomic mass is 79.9. The molecule has 4 heterocycles. The summed E-state index contributed by atoms with van der Waals surface area (Å²) >= 11 is 3.57. The van der Waals surface area contributed by atoms with Gasteiger partial charge in [0.15, 0.2) is 0 Å². The van der Waals surface area contributed by atoms with Crippen molar-refractivity contribution >= 4 is 32.7 Å². The van der Waals surface area contributed by atoms with Crippen molar-refractivity contribution in [3.8, 4) is 0 Å². The molecule has 0 aliphatic carbocycles. The molecule has 6 heteroatoms. The Morgan fingerprint density at radius 3 is 2.81 bits per heavy atom. The Kier molecular flexibility index (Phi) is 3.97. The first-order valence-electron chi connectivity index (χ1n) is 9.31. The maximum absolute atomic E-state index is 13.0. The van der Waals surface area contributed by atoms with E-state index in [4.69, 9.17) is 0 Å². The van der Waals surface area contributed by atoms with Gasteiger partial charge in [-0.05, 0) is 36.6 Å². The summed E-state index contributed by atoms with van der Waals surface area (Å²) in [5.74, 6) is 0.760. The third kappa shape index (κ3) is 2.83. The molecule has 0 saturated carbocycles. The van der Waals surface area contributed by atoms with Crippen molar-refractivity contribution in [3.05, 3.63) is 69.2 Å². The van der Waals surface area contributed by atoms with Crippen molar-refractivity contribution in [2.24, 2.45) is 5.92 Å². The molecule has 0 unspecified atom stereocenters. The lowest BCUT2D eigenvalue weighted by Gasteiger charge is -2.42. The van der Waals surface area contributed by atoms with Gasteiger partial charge in [-0.2, -0.15) is 0 Å². The average Bonchev–Trinajstić information content (AvgIpc) is 3.07. The largest absolute Gasteiger partial charge is 0.340 e. The molecule has 2 aromatic heterocycles. The van der Waals surface area contributed by atoms with Crippen molar-refractivity contribution in [3.63, 3.8) is 0 Å². The number of benzene rings is 1. The molecule has 2 bridgehead atoms. The number of carbonyl (C=O) groups is 1. The molecule has 1 aromatic carbocycles. The average molecular weight is 426 g/mol.